The van der Waals surface area contributed by atoms with E-state index in [0.29, 0.717) is 25.3 Å². The minimum absolute atomic E-state index is 0.0316. The summed E-state index contributed by atoms with van der Waals surface area (Å²) in [6, 6.07) is 7.76. The van der Waals surface area contributed by atoms with Crippen molar-refractivity contribution in [1.29, 1.82) is 0 Å². The van der Waals surface area contributed by atoms with Crippen LogP contribution in [0.3, 0.4) is 0 Å². The number of rotatable bonds is 3. The quantitative estimate of drug-likeness (QED) is 0.669. The highest BCUT2D eigenvalue weighted by atomic mass is 16.5. The lowest BCUT2D eigenvalue weighted by atomic mass is 9.88. The first kappa shape index (κ1) is 20.1. The van der Waals surface area contributed by atoms with E-state index in [9.17, 15) is 14.4 Å². The van der Waals surface area contributed by atoms with Gasteiger partial charge in [-0.25, -0.2) is 14.6 Å². The second kappa shape index (κ2) is 9.05. The van der Waals surface area contributed by atoms with Crippen LogP contribution in [0.4, 0.5) is 5.69 Å². The van der Waals surface area contributed by atoms with Crippen LogP contribution in [0.2, 0.25) is 0 Å². The van der Waals surface area contributed by atoms with E-state index in [1.807, 2.05) is 29.2 Å². The highest BCUT2D eigenvalue weighted by molar-refractivity contribution is 5.97. The van der Waals surface area contributed by atoms with E-state index in [0.717, 1.165) is 42.1 Å². The Labute approximate surface area is 166 Å². The third-order valence-corrected chi connectivity index (χ3v) is 4.70. The molecule has 0 spiro atoms. The minimum atomic E-state index is -1.26. The van der Waals surface area contributed by atoms with Gasteiger partial charge in [0.25, 0.3) is 0 Å². The lowest BCUT2D eigenvalue weighted by Crippen LogP contribution is -2.43. The van der Waals surface area contributed by atoms with Crippen LogP contribution in [-0.2, 0) is 27.2 Å². The van der Waals surface area contributed by atoms with Gasteiger partial charge in [-0.1, -0.05) is 12.1 Å². The Morgan fingerprint density at radius 1 is 1.17 bits per heavy atom. The molecule has 3 N–H and O–H groups in total. The summed E-state index contributed by atoms with van der Waals surface area (Å²) in [5.41, 5.74) is 3.12. The molecule has 1 aromatic carbocycles. The number of nitrogens with one attached hydrogen (secondary N) is 1. The Morgan fingerprint density at radius 2 is 1.90 bits per heavy atom. The average Bonchev–Trinajstić information content (AvgIpc) is 3.19. The Bertz CT molecular complexity index is 920. The second-order valence-electron chi connectivity index (χ2n) is 6.58. The zero-order valence-electron chi connectivity index (χ0n) is 15.6. The monoisotopic (exact) mass is 399 g/mol. The Kier molecular flexibility index (Phi) is 6.28. The van der Waals surface area contributed by atoms with E-state index < -0.39 is 11.9 Å². The molecule has 0 bridgehead atoms. The largest absolute Gasteiger partial charge is 0.490 e. The summed E-state index contributed by atoms with van der Waals surface area (Å²) in [6.07, 6.45) is 5.34. The molecule has 9 heteroatoms. The first-order valence-corrected chi connectivity index (χ1v) is 9.14. The van der Waals surface area contributed by atoms with Crippen LogP contribution in [0, 0.1) is 5.92 Å². The molecule has 0 saturated heterocycles. The highest BCUT2D eigenvalue weighted by Gasteiger charge is 2.32. The van der Waals surface area contributed by atoms with Gasteiger partial charge < -0.3 is 24.8 Å². The van der Waals surface area contributed by atoms with E-state index in [1.165, 1.54) is 0 Å². The lowest BCUT2D eigenvalue weighted by Gasteiger charge is -2.33. The fourth-order valence-corrected chi connectivity index (χ4v) is 3.37. The zero-order chi connectivity index (χ0) is 20.8. The number of ether oxygens (including phenoxy) is 1. The summed E-state index contributed by atoms with van der Waals surface area (Å²) in [7, 11) is 0. The number of para-hydroxylation sites is 2. The summed E-state index contributed by atoms with van der Waals surface area (Å²) in [5, 5.41) is 15.6. The molecule has 2 heterocycles. The summed E-state index contributed by atoms with van der Waals surface area (Å²) in [5.74, 6) is -1.48. The smallest absolute Gasteiger partial charge is 0.328 e. The van der Waals surface area contributed by atoms with Crippen LogP contribution in [0.1, 0.15) is 17.8 Å². The van der Waals surface area contributed by atoms with Crippen molar-refractivity contribution >= 4 is 23.5 Å². The molecule has 29 heavy (non-hydrogen) atoms. The van der Waals surface area contributed by atoms with Crippen molar-refractivity contribution in [3.63, 3.8) is 0 Å². The number of aromatic amines is 1. The maximum absolute atomic E-state index is 12.9. The molecule has 9 nitrogen and oxygen atoms in total. The maximum atomic E-state index is 12.9. The molecule has 1 aromatic heterocycles. The SMILES string of the molecule is O=C(C1CCc2nc[nH]c2C1)N1CCOc2ccccc21.O=C(O)C=CC(=O)O. The van der Waals surface area contributed by atoms with E-state index in [2.05, 4.69) is 9.97 Å². The van der Waals surface area contributed by atoms with Crippen molar-refractivity contribution in [3.8, 4) is 5.75 Å². The van der Waals surface area contributed by atoms with Crippen molar-refractivity contribution < 1.29 is 29.3 Å². The molecule has 4 rings (SSSR count). The van der Waals surface area contributed by atoms with Crippen molar-refractivity contribution in [3.05, 3.63) is 54.1 Å². The topological polar surface area (TPSA) is 133 Å². The standard InChI is InChI=1S/C16H17N3O2.C4H4O4/c20-16(11-5-6-12-13(9-11)18-10-17-12)19-7-8-21-15-4-2-1-3-14(15)19;5-3(6)1-2-4(7)8/h1-4,10-11H,5-9H2,(H,17,18);1-2H,(H,5,6)(H,7,8). The molecular formula is C20H21N3O6. The van der Waals surface area contributed by atoms with Crippen molar-refractivity contribution in [2.75, 3.05) is 18.1 Å². The summed E-state index contributed by atoms with van der Waals surface area (Å²) >= 11 is 0. The number of carbonyl (C=O) groups is 3. The highest BCUT2D eigenvalue weighted by Crippen LogP contribution is 2.33. The van der Waals surface area contributed by atoms with Gasteiger partial charge in [0, 0.05) is 30.2 Å². The van der Waals surface area contributed by atoms with E-state index in [1.54, 1.807) is 6.33 Å². The van der Waals surface area contributed by atoms with Crippen LogP contribution in [-0.4, -0.2) is 51.2 Å². The van der Waals surface area contributed by atoms with Crippen LogP contribution in [0.25, 0.3) is 0 Å². The first-order chi connectivity index (χ1) is 14.0. The maximum Gasteiger partial charge on any atom is 0.328 e. The number of hydrogen-bond donors (Lipinski definition) is 3. The van der Waals surface area contributed by atoms with Gasteiger partial charge in [0.2, 0.25) is 5.91 Å². The molecule has 2 aliphatic rings. The Balaban J connectivity index is 0.000000258. The van der Waals surface area contributed by atoms with Gasteiger partial charge in [-0.3, -0.25) is 4.79 Å². The molecule has 2 aromatic rings. The second-order valence-corrected chi connectivity index (χ2v) is 6.58. The number of aromatic nitrogens is 2. The third-order valence-electron chi connectivity index (χ3n) is 4.70. The molecule has 1 aliphatic heterocycles. The molecule has 1 amide bonds. The number of aryl methyl sites for hydroxylation is 1. The molecule has 0 saturated carbocycles. The fourth-order valence-electron chi connectivity index (χ4n) is 3.37. The van der Waals surface area contributed by atoms with Crippen LogP contribution in [0.15, 0.2) is 42.7 Å². The predicted octanol–water partition coefficient (Wildman–Crippen LogP) is 1.65. The average molecular weight is 399 g/mol. The molecule has 0 radical (unpaired) electrons. The van der Waals surface area contributed by atoms with Crippen molar-refractivity contribution in [2.45, 2.75) is 19.3 Å². The van der Waals surface area contributed by atoms with Crippen molar-refractivity contribution in [1.82, 2.24) is 9.97 Å². The molecular weight excluding hydrogens is 378 g/mol. The summed E-state index contributed by atoms with van der Waals surface area (Å²) < 4.78 is 5.62. The lowest BCUT2D eigenvalue weighted by molar-refractivity contribution is -0.134. The fraction of sp³-hybridized carbons (Fsp3) is 0.300. The van der Waals surface area contributed by atoms with Gasteiger partial charge in [-0.15, -0.1) is 0 Å². The Morgan fingerprint density at radius 3 is 2.62 bits per heavy atom. The number of fused-ring (bicyclic) bond motifs is 2. The molecule has 0 fully saturated rings. The van der Waals surface area contributed by atoms with Crippen LogP contribution in [0.5, 0.6) is 5.75 Å². The number of carboxylic acid groups (broad SMARTS) is 2. The molecule has 1 aliphatic carbocycles. The van der Waals surface area contributed by atoms with E-state index in [4.69, 9.17) is 14.9 Å². The van der Waals surface area contributed by atoms with Gasteiger partial charge in [-0.2, -0.15) is 0 Å². The Hall–Kier alpha value is -3.62. The summed E-state index contributed by atoms with van der Waals surface area (Å²) in [4.78, 5) is 41.3. The normalized spacial score (nSPS) is 17.4. The van der Waals surface area contributed by atoms with Crippen LogP contribution >= 0.6 is 0 Å². The number of carboxylic acids is 2. The number of imidazole rings is 1. The summed E-state index contributed by atoms with van der Waals surface area (Å²) in [6.45, 7) is 1.19. The number of nitrogens with zero attached hydrogens (tertiary/aromatic N) is 2. The number of H-pyrrole nitrogens is 1. The number of hydrogen-bond acceptors (Lipinski definition) is 5. The molecule has 1 unspecified atom stereocenters. The van der Waals surface area contributed by atoms with E-state index >= 15 is 0 Å². The van der Waals surface area contributed by atoms with Crippen LogP contribution < -0.4 is 9.64 Å². The number of aliphatic carboxylic acids is 2. The van der Waals surface area contributed by atoms with Gasteiger partial charge in [0.05, 0.1) is 24.3 Å². The molecule has 152 valence electrons. The third kappa shape index (κ3) is 5.01. The number of benzene rings is 1. The predicted molar refractivity (Wildman–Crippen MR) is 103 cm³/mol. The van der Waals surface area contributed by atoms with Gasteiger partial charge >= 0.3 is 11.9 Å². The number of carbonyl (C=O) groups excluding carboxylic acids is 1. The van der Waals surface area contributed by atoms with E-state index in [-0.39, 0.29) is 11.8 Å². The molecule has 1 atom stereocenters. The van der Waals surface area contributed by atoms with Gasteiger partial charge in [0.15, 0.2) is 0 Å². The number of amides is 1. The van der Waals surface area contributed by atoms with Crippen molar-refractivity contribution in [2.24, 2.45) is 5.92 Å². The zero-order valence-corrected chi connectivity index (χ0v) is 15.6. The number of anilines is 1. The first-order valence-electron chi connectivity index (χ1n) is 9.14. The van der Waals surface area contributed by atoms with Gasteiger partial charge in [-0.05, 0) is 25.0 Å². The minimum Gasteiger partial charge on any atom is -0.490 e. The van der Waals surface area contributed by atoms with Gasteiger partial charge in [0.1, 0.15) is 12.4 Å².